The van der Waals surface area contributed by atoms with Crippen LogP contribution in [0.4, 0.5) is 5.13 Å². The van der Waals surface area contributed by atoms with Gasteiger partial charge in [-0.15, -0.1) is 0 Å². The van der Waals surface area contributed by atoms with Gasteiger partial charge in [-0.05, 0) is 37.0 Å². The molecular weight excluding hydrogens is 334 g/mol. The van der Waals surface area contributed by atoms with Gasteiger partial charge in [0.2, 0.25) is 15.9 Å². The Hall–Kier alpha value is -1.51. The Morgan fingerprint density at radius 2 is 2.26 bits per heavy atom. The number of anilines is 1. The van der Waals surface area contributed by atoms with E-state index in [9.17, 15) is 13.2 Å². The van der Waals surface area contributed by atoms with Gasteiger partial charge in [-0.3, -0.25) is 4.79 Å². The number of aryl methyl sites for hydroxylation is 1. The van der Waals surface area contributed by atoms with Crippen LogP contribution in [0.2, 0.25) is 0 Å². The van der Waals surface area contributed by atoms with Gasteiger partial charge in [0.1, 0.15) is 6.04 Å². The van der Waals surface area contributed by atoms with Crippen LogP contribution in [0.25, 0.3) is 10.2 Å². The standard InChI is InChI=1S/C15H19N3O3S2/c1-3-10-6-7-11-13(9-10)22-15(16-11)17-14(19)12-5-4-8-18(12)23(2,20)21/h6-7,9,12H,3-5,8H2,1-2H3,(H,16,17,19). The van der Waals surface area contributed by atoms with Gasteiger partial charge in [-0.25, -0.2) is 13.4 Å². The first-order valence-corrected chi connectivity index (χ1v) is 10.2. The van der Waals surface area contributed by atoms with E-state index in [4.69, 9.17) is 0 Å². The Labute approximate surface area is 139 Å². The van der Waals surface area contributed by atoms with Crippen molar-refractivity contribution in [3.8, 4) is 0 Å². The summed E-state index contributed by atoms with van der Waals surface area (Å²) in [5.41, 5.74) is 2.06. The molecule has 6 nitrogen and oxygen atoms in total. The number of amides is 1. The lowest BCUT2D eigenvalue weighted by molar-refractivity contribution is -0.119. The summed E-state index contributed by atoms with van der Waals surface area (Å²) in [6.07, 6.45) is 3.33. The number of nitrogens with one attached hydrogen (secondary N) is 1. The average Bonchev–Trinajstić information content (AvgIpc) is 3.11. The lowest BCUT2D eigenvalue weighted by atomic mass is 10.2. The minimum atomic E-state index is -3.37. The molecular formula is C15H19N3O3S2. The van der Waals surface area contributed by atoms with Crippen molar-refractivity contribution in [2.75, 3.05) is 18.1 Å². The second-order valence-electron chi connectivity index (χ2n) is 5.70. The van der Waals surface area contributed by atoms with Gasteiger partial charge >= 0.3 is 0 Å². The zero-order valence-electron chi connectivity index (χ0n) is 13.1. The lowest BCUT2D eigenvalue weighted by Gasteiger charge is -2.20. The summed E-state index contributed by atoms with van der Waals surface area (Å²) in [6.45, 7) is 2.49. The summed E-state index contributed by atoms with van der Waals surface area (Å²) in [5.74, 6) is -0.303. The maximum atomic E-state index is 12.4. The molecule has 1 atom stereocenters. The first-order chi connectivity index (χ1) is 10.9. The third-order valence-electron chi connectivity index (χ3n) is 4.02. The Morgan fingerprint density at radius 1 is 1.48 bits per heavy atom. The summed E-state index contributed by atoms with van der Waals surface area (Å²) in [4.78, 5) is 16.8. The number of thiazole rings is 1. The lowest BCUT2D eigenvalue weighted by Crippen LogP contribution is -2.42. The number of carbonyl (C=O) groups excluding carboxylic acids is 1. The highest BCUT2D eigenvalue weighted by molar-refractivity contribution is 7.88. The number of nitrogens with zero attached hydrogens (tertiary/aromatic N) is 2. The van der Waals surface area contributed by atoms with E-state index in [0.29, 0.717) is 24.5 Å². The second kappa shape index (κ2) is 6.18. The molecule has 2 heterocycles. The summed E-state index contributed by atoms with van der Waals surface area (Å²) >= 11 is 1.41. The van der Waals surface area contributed by atoms with E-state index in [1.807, 2.05) is 12.1 Å². The molecule has 1 aliphatic heterocycles. The van der Waals surface area contributed by atoms with E-state index >= 15 is 0 Å². The topological polar surface area (TPSA) is 79.4 Å². The number of carbonyl (C=O) groups is 1. The monoisotopic (exact) mass is 353 g/mol. The Morgan fingerprint density at radius 3 is 2.96 bits per heavy atom. The predicted octanol–water partition coefficient (Wildman–Crippen LogP) is 2.22. The summed E-state index contributed by atoms with van der Waals surface area (Å²) in [6, 6.07) is 5.40. The van der Waals surface area contributed by atoms with Crippen LogP contribution in [0.5, 0.6) is 0 Å². The molecule has 0 spiro atoms. The van der Waals surface area contributed by atoms with Crippen molar-refractivity contribution in [2.24, 2.45) is 0 Å². The van der Waals surface area contributed by atoms with Crippen LogP contribution in [0.1, 0.15) is 25.3 Å². The van der Waals surface area contributed by atoms with Gasteiger partial charge in [-0.2, -0.15) is 4.31 Å². The maximum absolute atomic E-state index is 12.4. The molecule has 124 valence electrons. The highest BCUT2D eigenvalue weighted by Gasteiger charge is 2.36. The van der Waals surface area contributed by atoms with Crippen LogP contribution < -0.4 is 5.32 Å². The zero-order valence-corrected chi connectivity index (χ0v) is 14.7. The molecule has 1 N–H and O–H groups in total. The largest absolute Gasteiger partial charge is 0.301 e. The normalized spacial score (nSPS) is 19.3. The van der Waals surface area contributed by atoms with Crippen LogP contribution in [-0.4, -0.2) is 42.5 Å². The molecule has 1 aromatic carbocycles. The van der Waals surface area contributed by atoms with Crippen molar-refractivity contribution in [1.29, 1.82) is 0 Å². The van der Waals surface area contributed by atoms with Gasteiger partial charge in [0.25, 0.3) is 0 Å². The molecule has 0 radical (unpaired) electrons. The Balaban J connectivity index is 1.80. The number of rotatable bonds is 4. The molecule has 1 saturated heterocycles. The highest BCUT2D eigenvalue weighted by atomic mass is 32.2. The molecule has 1 unspecified atom stereocenters. The van der Waals surface area contributed by atoms with Crippen molar-refractivity contribution >= 4 is 42.6 Å². The SMILES string of the molecule is CCc1ccc2nc(NC(=O)C3CCCN3S(C)(=O)=O)sc2c1. The molecule has 1 aromatic heterocycles. The Kier molecular flexibility index (Phi) is 4.39. The van der Waals surface area contributed by atoms with Crippen molar-refractivity contribution < 1.29 is 13.2 Å². The van der Waals surface area contributed by atoms with Gasteiger partial charge in [0, 0.05) is 6.54 Å². The third-order valence-corrected chi connectivity index (χ3v) is 6.25. The number of fused-ring (bicyclic) bond motifs is 1. The highest BCUT2D eigenvalue weighted by Crippen LogP contribution is 2.28. The van der Waals surface area contributed by atoms with Crippen molar-refractivity contribution in [3.05, 3.63) is 23.8 Å². The van der Waals surface area contributed by atoms with Gasteiger partial charge in [0.15, 0.2) is 5.13 Å². The van der Waals surface area contributed by atoms with Crippen LogP contribution in [0.3, 0.4) is 0 Å². The maximum Gasteiger partial charge on any atom is 0.244 e. The third kappa shape index (κ3) is 3.39. The van der Waals surface area contributed by atoms with E-state index < -0.39 is 16.1 Å². The van der Waals surface area contributed by atoms with Gasteiger partial charge < -0.3 is 5.32 Å². The van der Waals surface area contributed by atoms with Crippen LogP contribution >= 0.6 is 11.3 Å². The van der Waals surface area contributed by atoms with Crippen LogP contribution in [0.15, 0.2) is 18.2 Å². The van der Waals surface area contributed by atoms with E-state index in [2.05, 4.69) is 23.3 Å². The van der Waals surface area contributed by atoms with Gasteiger partial charge in [-0.1, -0.05) is 24.3 Å². The molecule has 1 aliphatic rings. The van der Waals surface area contributed by atoms with Crippen LogP contribution in [-0.2, 0) is 21.2 Å². The van der Waals surface area contributed by atoms with Crippen molar-refractivity contribution in [1.82, 2.24) is 9.29 Å². The van der Waals surface area contributed by atoms with E-state index in [0.717, 1.165) is 22.9 Å². The summed E-state index contributed by atoms with van der Waals surface area (Å²) < 4.78 is 25.8. The molecule has 2 aromatic rings. The van der Waals surface area contributed by atoms with Crippen LogP contribution in [0, 0.1) is 0 Å². The average molecular weight is 353 g/mol. The van der Waals surface area contributed by atoms with Crippen molar-refractivity contribution in [3.63, 3.8) is 0 Å². The number of hydrogen-bond acceptors (Lipinski definition) is 5. The van der Waals surface area contributed by atoms with Crippen molar-refractivity contribution in [2.45, 2.75) is 32.2 Å². The molecule has 1 fully saturated rings. The number of hydrogen-bond donors (Lipinski definition) is 1. The number of sulfonamides is 1. The molecule has 0 bridgehead atoms. The fourth-order valence-corrected chi connectivity index (χ4v) is 4.89. The minimum absolute atomic E-state index is 0.303. The first kappa shape index (κ1) is 16.4. The molecule has 0 saturated carbocycles. The van der Waals surface area contributed by atoms with E-state index in [1.54, 1.807) is 0 Å². The minimum Gasteiger partial charge on any atom is -0.301 e. The fraction of sp³-hybridized carbons (Fsp3) is 0.467. The number of benzene rings is 1. The Bertz CT molecular complexity index is 845. The molecule has 8 heteroatoms. The van der Waals surface area contributed by atoms with E-state index in [-0.39, 0.29) is 5.91 Å². The van der Waals surface area contributed by atoms with Gasteiger partial charge in [0.05, 0.1) is 16.5 Å². The number of aromatic nitrogens is 1. The fourth-order valence-electron chi connectivity index (χ4n) is 2.83. The molecule has 1 amide bonds. The summed E-state index contributed by atoms with van der Waals surface area (Å²) in [5, 5.41) is 3.29. The zero-order chi connectivity index (χ0) is 16.6. The molecule has 3 rings (SSSR count). The predicted molar refractivity (Wildman–Crippen MR) is 92.2 cm³/mol. The quantitative estimate of drug-likeness (QED) is 0.914. The van der Waals surface area contributed by atoms with E-state index in [1.165, 1.54) is 21.2 Å². The summed E-state index contributed by atoms with van der Waals surface area (Å²) in [7, 11) is -3.37. The first-order valence-electron chi connectivity index (χ1n) is 7.55. The second-order valence-corrected chi connectivity index (χ2v) is 8.66. The molecule has 0 aliphatic carbocycles. The smallest absolute Gasteiger partial charge is 0.244 e. The molecule has 23 heavy (non-hydrogen) atoms.